The van der Waals surface area contributed by atoms with E-state index in [2.05, 4.69) is 0 Å². The Hall–Kier alpha value is 0.560. The smallest absolute Gasteiger partial charge is 0.748 e. The summed E-state index contributed by atoms with van der Waals surface area (Å²) >= 11 is 0. The first-order valence-corrected chi connectivity index (χ1v) is 7.82. The van der Waals surface area contributed by atoms with Gasteiger partial charge in [-0.1, -0.05) is 19.3 Å². The first-order chi connectivity index (χ1) is 9.19. The van der Waals surface area contributed by atoms with E-state index in [-0.39, 0.29) is 42.4 Å². The van der Waals surface area contributed by atoms with Crippen molar-refractivity contribution in [3.05, 3.63) is 0 Å². The van der Waals surface area contributed by atoms with Gasteiger partial charge in [0.05, 0.1) is 22.5 Å². The largest absolute Gasteiger partial charge is 1.00 e. The van der Waals surface area contributed by atoms with Crippen molar-refractivity contribution in [3.63, 3.8) is 0 Å². The number of hydrogen-bond donors (Lipinski definition) is 0. The van der Waals surface area contributed by atoms with E-state index in [9.17, 15) is 34.9 Å². The molecule has 4 unspecified atom stereocenters. The summed E-state index contributed by atoms with van der Waals surface area (Å²) in [6.45, 7) is -0.509. The predicted molar refractivity (Wildman–Crippen MR) is 63.2 cm³/mol. The van der Waals surface area contributed by atoms with Gasteiger partial charge in [0.15, 0.2) is 12.3 Å². The molecule has 0 aromatic heterocycles. The van der Waals surface area contributed by atoms with Crippen LogP contribution >= 0.6 is 0 Å². The van der Waals surface area contributed by atoms with Gasteiger partial charge in [0, 0.05) is 0 Å². The standard InChI is InChI=1S/C11H19F5O3S.Na/c12-6-4-2-1-3-5-8(13)10(15)11(16)9(14)7-20(17,18)19;/h8-11H,1-7H2,(H,17,18,19);/q;+1/p-1. The van der Waals surface area contributed by atoms with Gasteiger partial charge in [0.1, 0.15) is 12.3 Å². The van der Waals surface area contributed by atoms with Gasteiger partial charge >= 0.3 is 29.6 Å². The van der Waals surface area contributed by atoms with Crippen molar-refractivity contribution in [2.24, 2.45) is 0 Å². The van der Waals surface area contributed by atoms with Gasteiger partial charge in [-0.3, -0.25) is 4.39 Å². The third-order valence-electron chi connectivity index (χ3n) is 2.72. The molecule has 0 bridgehead atoms. The second-order valence-corrected chi connectivity index (χ2v) is 5.99. The summed E-state index contributed by atoms with van der Waals surface area (Å²) in [5.74, 6) is -1.72. The van der Waals surface area contributed by atoms with Crippen LogP contribution in [0.4, 0.5) is 22.0 Å². The molecule has 4 atom stereocenters. The average molecular weight is 348 g/mol. The molecule has 21 heavy (non-hydrogen) atoms. The molecule has 0 amide bonds. The fraction of sp³-hybridized carbons (Fsp3) is 1.00. The van der Waals surface area contributed by atoms with Crippen molar-refractivity contribution in [2.45, 2.75) is 56.8 Å². The van der Waals surface area contributed by atoms with E-state index in [1.165, 1.54) is 0 Å². The topological polar surface area (TPSA) is 57.2 Å². The molecular weight excluding hydrogens is 330 g/mol. The van der Waals surface area contributed by atoms with Crippen LogP contribution < -0.4 is 29.6 Å². The summed E-state index contributed by atoms with van der Waals surface area (Å²) in [6, 6.07) is 0. The molecule has 0 spiro atoms. The summed E-state index contributed by atoms with van der Waals surface area (Å²) in [4.78, 5) is 0. The maximum absolute atomic E-state index is 13.3. The van der Waals surface area contributed by atoms with Crippen molar-refractivity contribution >= 4 is 10.1 Å². The van der Waals surface area contributed by atoms with Crippen LogP contribution in [0.3, 0.4) is 0 Å². The molecule has 0 heterocycles. The molecule has 0 rings (SSSR count). The molecule has 0 aliphatic carbocycles. The van der Waals surface area contributed by atoms with Crippen LogP contribution in [0.1, 0.15) is 32.1 Å². The second-order valence-electron chi connectivity index (χ2n) is 4.54. The van der Waals surface area contributed by atoms with Gasteiger partial charge in [-0.2, -0.15) is 0 Å². The van der Waals surface area contributed by atoms with E-state index in [1.807, 2.05) is 0 Å². The minimum Gasteiger partial charge on any atom is -0.748 e. The number of alkyl halides is 5. The third-order valence-corrected chi connectivity index (χ3v) is 3.45. The second kappa shape index (κ2) is 12.0. The number of hydrogen-bond acceptors (Lipinski definition) is 3. The maximum atomic E-state index is 13.3. The third kappa shape index (κ3) is 11.7. The van der Waals surface area contributed by atoms with E-state index in [0.29, 0.717) is 19.3 Å². The summed E-state index contributed by atoms with van der Waals surface area (Å²) < 4.78 is 95.0. The Morgan fingerprint density at radius 1 is 0.857 bits per heavy atom. The maximum Gasteiger partial charge on any atom is 1.00 e. The van der Waals surface area contributed by atoms with Crippen LogP contribution in [0, 0.1) is 0 Å². The van der Waals surface area contributed by atoms with Gasteiger partial charge in [0.25, 0.3) is 0 Å². The molecule has 0 saturated heterocycles. The fourth-order valence-electron chi connectivity index (χ4n) is 1.63. The summed E-state index contributed by atoms with van der Waals surface area (Å²) in [7, 11) is -5.04. The molecule has 10 heteroatoms. The molecule has 0 aromatic carbocycles. The predicted octanol–water partition coefficient (Wildman–Crippen LogP) is -0.192. The van der Waals surface area contributed by atoms with E-state index >= 15 is 0 Å². The van der Waals surface area contributed by atoms with Crippen molar-refractivity contribution in [1.29, 1.82) is 0 Å². The Balaban J connectivity index is 0. The normalized spacial score (nSPS) is 17.6. The Kier molecular flexibility index (Phi) is 13.7. The minimum absolute atomic E-state index is 0. The Labute approximate surface area is 143 Å². The van der Waals surface area contributed by atoms with Crippen LogP contribution in [0.25, 0.3) is 0 Å². The zero-order valence-electron chi connectivity index (χ0n) is 11.8. The number of unbranched alkanes of at least 4 members (excludes halogenated alkanes) is 3. The van der Waals surface area contributed by atoms with Crippen LogP contribution in [-0.2, 0) is 10.1 Å². The Morgan fingerprint density at radius 3 is 1.81 bits per heavy atom. The summed E-state index contributed by atoms with van der Waals surface area (Å²) in [6.07, 6.45) is -9.97. The molecule has 3 nitrogen and oxygen atoms in total. The minimum atomic E-state index is -5.04. The summed E-state index contributed by atoms with van der Waals surface area (Å²) in [5, 5.41) is 0. The SMILES string of the molecule is O=S(=O)([O-])CC(F)C(F)C(F)C(F)CCCCCCF.[Na+]. The fourth-order valence-corrected chi connectivity index (χ4v) is 2.21. The molecule has 0 saturated carbocycles. The molecule has 0 aliphatic heterocycles. The van der Waals surface area contributed by atoms with Gasteiger partial charge in [-0.15, -0.1) is 0 Å². The number of rotatable bonds is 11. The summed E-state index contributed by atoms with van der Waals surface area (Å²) in [5.41, 5.74) is 0. The van der Waals surface area contributed by atoms with Gasteiger partial charge in [-0.25, -0.2) is 26.0 Å². The van der Waals surface area contributed by atoms with Crippen molar-refractivity contribution in [1.82, 2.24) is 0 Å². The van der Waals surface area contributed by atoms with Crippen LogP contribution in [0.15, 0.2) is 0 Å². The molecule has 0 fully saturated rings. The quantitative estimate of drug-likeness (QED) is 0.225. The van der Waals surface area contributed by atoms with E-state index in [4.69, 9.17) is 0 Å². The zero-order chi connectivity index (χ0) is 15.8. The number of halogens is 5. The van der Waals surface area contributed by atoms with Crippen LogP contribution in [0.5, 0.6) is 0 Å². The Bertz CT molecular complexity index is 358. The monoisotopic (exact) mass is 348 g/mol. The first kappa shape index (κ1) is 23.8. The van der Waals surface area contributed by atoms with E-state index < -0.39 is 47.2 Å². The van der Waals surface area contributed by atoms with E-state index in [1.54, 1.807) is 0 Å². The Morgan fingerprint density at radius 2 is 1.33 bits per heavy atom. The van der Waals surface area contributed by atoms with Gasteiger partial charge in [-0.05, 0) is 12.8 Å². The van der Waals surface area contributed by atoms with Gasteiger partial charge < -0.3 is 4.55 Å². The van der Waals surface area contributed by atoms with Crippen LogP contribution in [0.2, 0.25) is 0 Å². The van der Waals surface area contributed by atoms with Crippen molar-refractivity contribution in [3.8, 4) is 0 Å². The van der Waals surface area contributed by atoms with Crippen molar-refractivity contribution < 1.29 is 64.5 Å². The molecule has 122 valence electrons. The van der Waals surface area contributed by atoms with Crippen LogP contribution in [-0.4, -0.2) is 50.1 Å². The molecule has 0 N–H and O–H groups in total. The molecule has 0 aliphatic rings. The first-order valence-electron chi connectivity index (χ1n) is 6.25. The molecule has 0 aromatic rings. The average Bonchev–Trinajstić information content (AvgIpc) is 2.34. The molecular formula is C11H18F5NaO3S. The van der Waals surface area contributed by atoms with E-state index in [0.717, 1.165) is 0 Å². The van der Waals surface area contributed by atoms with Gasteiger partial charge in [0.2, 0.25) is 0 Å². The van der Waals surface area contributed by atoms with Crippen molar-refractivity contribution in [2.75, 3.05) is 12.4 Å². The zero-order valence-corrected chi connectivity index (χ0v) is 14.6. The molecule has 0 radical (unpaired) electrons.